The standard InChI is InChI=1S/C29H30N4O4S/c1-21-20-23(29(34)33-17-7-16-32(18-19-33)25-10-3-4-11-26(25)37-2)13-14-24(21)31-38(35,36)27-12-5-8-22-9-6-15-30-28(22)27/h3-6,8-15,20,31H,7,16-19H2,1-2H3. The van der Waals surface area contributed by atoms with Crippen LogP contribution in [0.25, 0.3) is 10.9 Å². The predicted octanol–water partition coefficient (Wildman–Crippen LogP) is 4.71. The highest BCUT2D eigenvalue weighted by molar-refractivity contribution is 7.93. The maximum absolute atomic E-state index is 13.4. The first-order chi connectivity index (χ1) is 18.4. The predicted molar refractivity (Wildman–Crippen MR) is 149 cm³/mol. The fourth-order valence-corrected chi connectivity index (χ4v) is 6.15. The largest absolute Gasteiger partial charge is 0.495 e. The van der Waals surface area contributed by atoms with Gasteiger partial charge in [-0.3, -0.25) is 14.5 Å². The summed E-state index contributed by atoms with van der Waals surface area (Å²) in [7, 11) is -2.22. The molecule has 3 aromatic carbocycles. The number of para-hydroxylation sites is 3. The van der Waals surface area contributed by atoms with Crippen molar-refractivity contribution in [2.75, 3.05) is 42.9 Å². The summed E-state index contributed by atoms with van der Waals surface area (Å²) in [6.07, 6.45) is 2.41. The lowest BCUT2D eigenvalue weighted by Crippen LogP contribution is -2.35. The lowest BCUT2D eigenvalue weighted by molar-refractivity contribution is 0.0767. The monoisotopic (exact) mass is 530 g/mol. The van der Waals surface area contributed by atoms with Gasteiger partial charge in [-0.15, -0.1) is 0 Å². The Bertz CT molecular complexity index is 1580. The molecule has 0 saturated carbocycles. The van der Waals surface area contributed by atoms with Gasteiger partial charge >= 0.3 is 0 Å². The van der Waals surface area contributed by atoms with Crippen molar-refractivity contribution in [2.24, 2.45) is 0 Å². The molecule has 1 aliphatic heterocycles. The van der Waals surface area contributed by atoms with Crippen LogP contribution in [0.3, 0.4) is 0 Å². The number of pyridine rings is 1. The quantitative estimate of drug-likeness (QED) is 0.388. The molecular weight excluding hydrogens is 500 g/mol. The molecule has 1 aromatic heterocycles. The lowest BCUT2D eigenvalue weighted by atomic mass is 10.1. The molecule has 0 unspecified atom stereocenters. The van der Waals surface area contributed by atoms with Gasteiger partial charge in [-0.1, -0.05) is 30.3 Å². The summed E-state index contributed by atoms with van der Waals surface area (Å²) in [6.45, 7) is 4.54. The molecule has 2 heterocycles. The van der Waals surface area contributed by atoms with E-state index in [0.29, 0.717) is 42.0 Å². The van der Waals surface area contributed by atoms with E-state index >= 15 is 0 Å². The van der Waals surface area contributed by atoms with Crippen molar-refractivity contribution in [1.29, 1.82) is 0 Å². The van der Waals surface area contributed by atoms with E-state index in [-0.39, 0.29) is 10.8 Å². The van der Waals surface area contributed by atoms with Crippen LogP contribution in [0.4, 0.5) is 11.4 Å². The molecule has 0 atom stereocenters. The van der Waals surface area contributed by atoms with Crippen LogP contribution >= 0.6 is 0 Å². The van der Waals surface area contributed by atoms with Crippen molar-refractivity contribution in [3.8, 4) is 5.75 Å². The van der Waals surface area contributed by atoms with Crippen LogP contribution in [0.15, 0.2) is 83.9 Å². The number of ether oxygens (including phenoxy) is 1. The molecule has 1 fully saturated rings. The lowest BCUT2D eigenvalue weighted by Gasteiger charge is -2.25. The molecule has 1 saturated heterocycles. The average molecular weight is 531 g/mol. The number of nitrogens with one attached hydrogen (secondary N) is 1. The zero-order valence-electron chi connectivity index (χ0n) is 21.4. The highest BCUT2D eigenvalue weighted by Gasteiger charge is 2.23. The zero-order valence-corrected chi connectivity index (χ0v) is 22.2. The first kappa shape index (κ1) is 25.5. The fraction of sp³-hybridized carbons (Fsp3) is 0.241. The van der Waals surface area contributed by atoms with E-state index in [0.717, 1.165) is 29.8 Å². The molecule has 0 radical (unpaired) electrons. The van der Waals surface area contributed by atoms with Crippen LogP contribution in [-0.4, -0.2) is 57.5 Å². The third kappa shape index (κ3) is 5.15. The third-order valence-corrected chi connectivity index (χ3v) is 8.21. The number of fused-ring (bicyclic) bond motifs is 1. The maximum atomic E-state index is 13.4. The van der Waals surface area contributed by atoms with Crippen LogP contribution in [0.2, 0.25) is 0 Å². The first-order valence-electron chi connectivity index (χ1n) is 12.5. The second-order valence-corrected chi connectivity index (χ2v) is 10.9. The Morgan fingerprint density at radius 1 is 0.947 bits per heavy atom. The SMILES string of the molecule is COc1ccccc1N1CCCN(C(=O)c2ccc(NS(=O)(=O)c3cccc4cccnc34)c(C)c2)CC1. The summed E-state index contributed by atoms with van der Waals surface area (Å²) in [5, 5.41) is 0.745. The summed E-state index contributed by atoms with van der Waals surface area (Å²) >= 11 is 0. The summed E-state index contributed by atoms with van der Waals surface area (Å²) in [5.41, 5.74) is 3.06. The van der Waals surface area contributed by atoms with Gasteiger partial charge in [0.1, 0.15) is 10.6 Å². The number of methoxy groups -OCH3 is 1. The number of benzene rings is 3. The summed E-state index contributed by atoms with van der Waals surface area (Å²) < 4.78 is 34.6. The van der Waals surface area contributed by atoms with E-state index < -0.39 is 10.0 Å². The van der Waals surface area contributed by atoms with Crippen LogP contribution in [0.1, 0.15) is 22.3 Å². The molecule has 1 amide bonds. The number of hydrogen-bond donors (Lipinski definition) is 1. The van der Waals surface area contributed by atoms with E-state index in [1.807, 2.05) is 41.3 Å². The minimum atomic E-state index is -3.88. The summed E-state index contributed by atoms with van der Waals surface area (Å²) in [4.78, 5) is 21.8. The molecule has 1 N–H and O–H groups in total. The molecule has 8 nitrogen and oxygen atoms in total. The zero-order chi connectivity index (χ0) is 26.7. The fourth-order valence-electron chi connectivity index (χ4n) is 4.84. The molecule has 9 heteroatoms. The van der Waals surface area contributed by atoms with Crippen molar-refractivity contribution in [3.63, 3.8) is 0 Å². The smallest absolute Gasteiger partial charge is 0.264 e. The van der Waals surface area contributed by atoms with E-state index in [9.17, 15) is 13.2 Å². The number of sulfonamides is 1. The highest BCUT2D eigenvalue weighted by atomic mass is 32.2. The maximum Gasteiger partial charge on any atom is 0.264 e. The number of anilines is 2. The number of hydrogen-bond acceptors (Lipinski definition) is 6. The normalized spacial score (nSPS) is 14.3. The van der Waals surface area contributed by atoms with E-state index in [1.54, 1.807) is 56.6 Å². The minimum absolute atomic E-state index is 0.0670. The van der Waals surface area contributed by atoms with Crippen LogP contribution in [-0.2, 0) is 10.0 Å². The summed E-state index contributed by atoms with van der Waals surface area (Å²) in [6, 6.07) is 21.6. The number of amides is 1. The number of rotatable bonds is 6. The van der Waals surface area contributed by atoms with Crippen LogP contribution in [0.5, 0.6) is 5.75 Å². The van der Waals surface area contributed by atoms with Gasteiger partial charge in [-0.05, 0) is 61.4 Å². The highest BCUT2D eigenvalue weighted by Crippen LogP contribution is 2.29. The van der Waals surface area contributed by atoms with Crippen LogP contribution < -0.4 is 14.4 Å². The number of carbonyl (C=O) groups is 1. The first-order valence-corrected chi connectivity index (χ1v) is 14.0. The van der Waals surface area contributed by atoms with Crippen LogP contribution in [0, 0.1) is 6.92 Å². The van der Waals surface area contributed by atoms with Gasteiger partial charge < -0.3 is 14.5 Å². The Morgan fingerprint density at radius 3 is 2.58 bits per heavy atom. The number of nitrogens with zero attached hydrogens (tertiary/aromatic N) is 3. The van der Waals surface area contributed by atoms with E-state index in [4.69, 9.17) is 4.74 Å². The van der Waals surface area contributed by atoms with E-state index in [1.165, 1.54) is 0 Å². The Morgan fingerprint density at radius 2 is 1.76 bits per heavy atom. The van der Waals surface area contributed by atoms with E-state index in [2.05, 4.69) is 14.6 Å². The number of aromatic nitrogens is 1. The second-order valence-electron chi connectivity index (χ2n) is 9.27. The molecule has 5 rings (SSSR count). The van der Waals surface area contributed by atoms with Gasteiger partial charge in [0.05, 0.1) is 24.0 Å². The van der Waals surface area contributed by atoms with Gasteiger partial charge in [-0.2, -0.15) is 0 Å². The molecule has 0 aliphatic carbocycles. The molecule has 38 heavy (non-hydrogen) atoms. The van der Waals surface area contributed by atoms with Gasteiger partial charge in [0.2, 0.25) is 0 Å². The molecule has 1 aliphatic rings. The Hall–Kier alpha value is -4.11. The minimum Gasteiger partial charge on any atom is -0.495 e. The molecule has 196 valence electrons. The Kier molecular flexibility index (Phi) is 7.20. The Labute approximate surface area is 222 Å². The van der Waals surface area contributed by atoms with Crippen molar-refractivity contribution in [3.05, 3.63) is 90.1 Å². The topological polar surface area (TPSA) is 91.8 Å². The molecule has 4 aromatic rings. The molecule has 0 bridgehead atoms. The van der Waals surface area contributed by atoms with Crippen molar-refractivity contribution in [1.82, 2.24) is 9.88 Å². The average Bonchev–Trinajstić information content (AvgIpc) is 3.19. The number of aryl methyl sites for hydroxylation is 1. The van der Waals surface area contributed by atoms with Crippen molar-refractivity contribution >= 4 is 38.2 Å². The van der Waals surface area contributed by atoms with Gasteiger partial charge in [0.25, 0.3) is 15.9 Å². The van der Waals surface area contributed by atoms with Gasteiger partial charge in [0, 0.05) is 43.3 Å². The van der Waals surface area contributed by atoms with Crippen molar-refractivity contribution in [2.45, 2.75) is 18.2 Å². The Balaban J connectivity index is 1.31. The molecule has 0 spiro atoms. The number of carbonyl (C=O) groups excluding carboxylic acids is 1. The van der Waals surface area contributed by atoms with Gasteiger partial charge in [0.15, 0.2) is 0 Å². The summed E-state index contributed by atoms with van der Waals surface area (Å²) in [5.74, 6) is 0.753. The molecular formula is C29H30N4O4S. The van der Waals surface area contributed by atoms with Crippen molar-refractivity contribution < 1.29 is 17.9 Å². The van der Waals surface area contributed by atoms with Gasteiger partial charge in [-0.25, -0.2) is 8.42 Å². The third-order valence-electron chi connectivity index (χ3n) is 6.81. The second kappa shape index (κ2) is 10.7.